The van der Waals surface area contributed by atoms with Crippen molar-refractivity contribution in [3.8, 4) is 11.5 Å². The summed E-state index contributed by atoms with van der Waals surface area (Å²) in [5.74, 6) is 1.77. The summed E-state index contributed by atoms with van der Waals surface area (Å²) in [5, 5.41) is 0.690. The van der Waals surface area contributed by atoms with E-state index in [1.54, 1.807) is 0 Å². The van der Waals surface area contributed by atoms with Gasteiger partial charge >= 0.3 is 0 Å². The molecule has 0 spiro atoms. The van der Waals surface area contributed by atoms with Crippen molar-refractivity contribution in [2.75, 3.05) is 0 Å². The Labute approximate surface area is 160 Å². The highest BCUT2D eigenvalue weighted by Gasteiger charge is 2.21. The van der Waals surface area contributed by atoms with Crippen LogP contribution in [0.25, 0.3) is 0 Å². The minimum Gasteiger partial charge on any atom is -0.488 e. The Morgan fingerprint density at radius 3 is 1.64 bits per heavy atom. The molecule has 0 aromatic heterocycles. The fraction of sp³-hybridized carbons (Fsp3) is 0.455. The van der Waals surface area contributed by atoms with Crippen molar-refractivity contribution in [3.05, 3.63) is 59.2 Å². The van der Waals surface area contributed by atoms with Gasteiger partial charge in [-0.2, -0.15) is 0 Å². The molecule has 0 fully saturated rings. The van der Waals surface area contributed by atoms with Gasteiger partial charge in [-0.25, -0.2) is 0 Å². The van der Waals surface area contributed by atoms with Crippen LogP contribution in [0, 0.1) is 0 Å². The van der Waals surface area contributed by atoms with Gasteiger partial charge in [0.25, 0.3) is 0 Å². The number of hydrogen-bond donors (Lipinski definition) is 0. The lowest BCUT2D eigenvalue weighted by molar-refractivity contribution is 0.119. The summed E-state index contributed by atoms with van der Waals surface area (Å²) in [6.45, 7) is 12.4. The second kappa shape index (κ2) is 7.82. The first kappa shape index (κ1) is 19.8. The van der Waals surface area contributed by atoms with E-state index >= 15 is 0 Å². The van der Waals surface area contributed by atoms with Crippen molar-refractivity contribution in [3.63, 3.8) is 0 Å². The fourth-order valence-electron chi connectivity index (χ4n) is 2.58. The van der Waals surface area contributed by atoms with Crippen LogP contribution in [0.4, 0.5) is 0 Å². The largest absolute Gasteiger partial charge is 0.488 e. The molecule has 0 atom stereocenters. The summed E-state index contributed by atoms with van der Waals surface area (Å²) in [5.41, 5.74) is 3.00. The number of alkyl halides is 1. The summed E-state index contributed by atoms with van der Waals surface area (Å²) in [7, 11) is 0. The van der Waals surface area contributed by atoms with Gasteiger partial charge in [0.15, 0.2) is 0 Å². The molecule has 0 aliphatic rings. The lowest BCUT2D eigenvalue weighted by Crippen LogP contribution is -2.26. The Bertz CT molecular complexity index is 657. The van der Waals surface area contributed by atoms with Crippen molar-refractivity contribution in [1.29, 1.82) is 0 Å². The molecule has 0 N–H and O–H groups in total. The highest BCUT2D eigenvalue weighted by molar-refractivity contribution is 9.08. The number of benzene rings is 2. The average Bonchev–Trinajstić information content (AvgIpc) is 2.45. The van der Waals surface area contributed by atoms with E-state index in [2.05, 4.69) is 93.9 Å². The molecule has 25 heavy (non-hydrogen) atoms. The topological polar surface area (TPSA) is 18.5 Å². The third-order valence-corrected chi connectivity index (χ3v) is 4.01. The predicted octanol–water partition coefficient (Wildman–Crippen LogP) is 6.53. The summed E-state index contributed by atoms with van der Waals surface area (Å²) < 4.78 is 12.5. The van der Waals surface area contributed by atoms with E-state index in [-0.39, 0.29) is 11.2 Å². The van der Waals surface area contributed by atoms with E-state index in [4.69, 9.17) is 9.47 Å². The van der Waals surface area contributed by atoms with E-state index in [9.17, 15) is 0 Å². The van der Waals surface area contributed by atoms with Crippen LogP contribution < -0.4 is 9.47 Å². The molecule has 2 aromatic rings. The molecule has 0 saturated heterocycles. The minimum absolute atomic E-state index is 0.263. The van der Waals surface area contributed by atoms with Gasteiger partial charge in [-0.05, 0) is 71.2 Å². The first-order chi connectivity index (χ1) is 11.6. The summed E-state index contributed by atoms with van der Waals surface area (Å²) in [6, 6.07) is 14.8. The number of ether oxygens (including phenoxy) is 2. The molecule has 136 valence electrons. The van der Waals surface area contributed by atoms with Gasteiger partial charge in [-0.3, -0.25) is 0 Å². The van der Waals surface area contributed by atoms with Gasteiger partial charge < -0.3 is 9.47 Å². The zero-order chi connectivity index (χ0) is 18.7. The molecule has 0 radical (unpaired) electrons. The van der Waals surface area contributed by atoms with Crippen LogP contribution in [0.2, 0.25) is 0 Å². The fourth-order valence-corrected chi connectivity index (χ4v) is 3.13. The summed E-state index contributed by atoms with van der Waals surface area (Å²) in [6.07, 6.45) is 0.852. The van der Waals surface area contributed by atoms with E-state index in [0.717, 1.165) is 23.5 Å². The molecule has 0 aliphatic heterocycles. The quantitative estimate of drug-likeness (QED) is 0.527. The van der Waals surface area contributed by atoms with E-state index in [1.807, 2.05) is 6.07 Å². The predicted molar refractivity (Wildman–Crippen MR) is 109 cm³/mol. The van der Waals surface area contributed by atoms with Gasteiger partial charge in [-0.15, -0.1) is 0 Å². The van der Waals surface area contributed by atoms with Gasteiger partial charge in [0.05, 0.1) is 0 Å². The molecule has 0 heterocycles. The smallest absolute Gasteiger partial charge is 0.128 e. The van der Waals surface area contributed by atoms with Gasteiger partial charge in [0.1, 0.15) is 22.7 Å². The van der Waals surface area contributed by atoms with Crippen molar-refractivity contribution in [2.24, 2.45) is 0 Å². The van der Waals surface area contributed by atoms with Crippen LogP contribution in [0.5, 0.6) is 11.5 Å². The summed E-state index contributed by atoms with van der Waals surface area (Å²) in [4.78, 5) is 0. The second-order valence-electron chi connectivity index (χ2n) is 8.30. The molecule has 0 aliphatic carbocycles. The molecule has 0 saturated carbocycles. The molecule has 0 unspecified atom stereocenters. The third-order valence-electron chi connectivity index (χ3n) is 3.44. The van der Waals surface area contributed by atoms with Crippen LogP contribution in [0.3, 0.4) is 0 Å². The van der Waals surface area contributed by atoms with Crippen molar-refractivity contribution >= 4 is 15.9 Å². The van der Waals surface area contributed by atoms with Crippen molar-refractivity contribution < 1.29 is 9.47 Å². The highest BCUT2D eigenvalue weighted by atomic mass is 79.9. The Morgan fingerprint density at radius 1 is 0.760 bits per heavy atom. The first-order valence-corrected chi connectivity index (χ1v) is 9.83. The lowest BCUT2D eigenvalue weighted by Gasteiger charge is -2.28. The van der Waals surface area contributed by atoms with Crippen LogP contribution in [-0.4, -0.2) is 11.2 Å². The normalized spacial score (nSPS) is 12.1. The zero-order valence-electron chi connectivity index (χ0n) is 16.2. The zero-order valence-corrected chi connectivity index (χ0v) is 17.7. The monoisotopic (exact) mass is 404 g/mol. The van der Waals surface area contributed by atoms with E-state index in [1.165, 1.54) is 11.1 Å². The van der Waals surface area contributed by atoms with Crippen LogP contribution in [0.15, 0.2) is 42.5 Å². The van der Waals surface area contributed by atoms with Crippen LogP contribution in [0.1, 0.15) is 58.2 Å². The average molecular weight is 405 g/mol. The Morgan fingerprint density at radius 2 is 1.24 bits per heavy atom. The van der Waals surface area contributed by atoms with Gasteiger partial charge in [0, 0.05) is 10.9 Å². The number of hydrogen-bond acceptors (Lipinski definition) is 2. The maximum Gasteiger partial charge on any atom is 0.128 e. The van der Waals surface area contributed by atoms with Crippen molar-refractivity contribution in [1.82, 2.24) is 0 Å². The molecule has 3 heteroatoms. The van der Waals surface area contributed by atoms with Gasteiger partial charge in [-0.1, -0.05) is 46.3 Å². The number of rotatable bonds is 5. The van der Waals surface area contributed by atoms with Crippen LogP contribution in [-0.2, 0) is 11.8 Å². The number of halogens is 1. The van der Waals surface area contributed by atoms with Gasteiger partial charge in [0.2, 0.25) is 0 Å². The standard InChI is InChI=1S/C22H29BrO2/c1-21(2,3)24-19-13-17(12-16-10-8-7-9-11-16)14-20(18(19)15-23)25-22(4,5)6/h7-11,13-14H,12,15H2,1-6H3. The third kappa shape index (κ3) is 6.39. The maximum atomic E-state index is 6.25. The minimum atomic E-state index is -0.263. The van der Waals surface area contributed by atoms with Crippen LogP contribution >= 0.6 is 15.9 Å². The molecular formula is C22H29BrO2. The molecular weight excluding hydrogens is 376 g/mol. The Balaban J connectivity index is 2.48. The second-order valence-corrected chi connectivity index (χ2v) is 8.86. The molecule has 0 amide bonds. The summed E-state index contributed by atoms with van der Waals surface area (Å²) >= 11 is 3.61. The van der Waals surface area contributed by atoms with E-state index < -0.39 is 0 Å². The molecule has 0 bridgehead atoms. The highest BCUT2D eigenvalue weighted by Crippen LogP contribution is 2.37. The first-order valence-electron chi connectivity index (χ1n) is 8.71. The SMILES string of the molecule is CC(C)(C)Oc1cc(Cc2ccccc2)cc(OC(C)(C)C)c1CBr. The Kier molecular flexibility index (Phi) is 6.21. The molecule has 2 rings (SSSR count). The lowest BCUT2D eigenvalue weighted by atomic mass is 10.0. The maximum absolute atomic E-state index is 6.25. The Hall–Kier alpha value is -1.48. The van der Waals surface area contributed by atoms with Crippen molar-refractivity contribution in [2.45, 2.75) is 64.5 Å². The molecule has 2 aromatic carbocycles. The molecule has 2 nitrogen and oxygen atoms in total. The van der Waals surface area contributed by atoms with E-state index in [0.29, 0.717) is 5.33 Å².